The second kappa shape index (κ2) is 10.6. The Kier molecular flexibility index (Phi) is 7.61. The summed E-state index contributed by atoms with van der Waals surface area (Å²) in [6, 6.07) is 13.4. The lowest BCUT2D eigenvalue weighted by molar-refractivity contribution is -0.135. The molecular formula is C23H29N3O3. The predicted molar refractivity (Wildman–Crippen MR) is 111 cm³/mol. The van der Waals surface area contributed by atoms with Gasteiger partial charge in [0.05, 0.1) is 19.3 Å². The summed E-state index contributed by atoms with van der Waals surface area (Å²) in [5.74, 6) is 0.987. The number of benzene rings is 1. The number of pyridine rings is 1. The first-order valence-corrected chi connectivity index (χ1v) is 10.2. The fraction of sp³-hybridized carbons (Fsp3) is 0.435. The van der Waals surface area contributed by atoms with Crippen molar-refractivity contribution >= 4 is 11.8 Å². The lowest BCUT2D eigenvalue weighted by Crippen LogP contribution is -2.36. The average molecular weight is 396 g/mol. The van der Waals surface area contributed by atoms with E-state index >= 15 is 0 Å². The van der Waals surface area contributed by atoms with Crippen LogP contribution in [0.1, 0.15) is 43.4 Å². The van der Waals surface area contributed by atoms with Crippen molar-refractivity contribution in [2.75, 3.05) is 20.2 Å². The zero-order chi connectivity index (χ0) is 20.5. The first-order chi connectivity index (χ1) is 14.2. The summed E-state index contributed by atoms with van der Waals surface area (Å²) in [7, 11) is 1.63. The van der Waals surface area contributed by atoms with Gasteiger partial charge in [0.2, 0.25) is 11.8 Å². The Morgan fingerprint density at radius 2 is 1.93 bits per heavy atom. The van der Waals surface area contributed by atoms with E-state index in [-0.39, 0.29) is 11.8 Å². The molecule has 29 heavy (non-hydrogen) atoms. The molecule has 2 heterocycles. The minimum absolute atomic E-state index is 0.0310. The maximum absolute atomic E-state index is 13.0. The molecular weight excluding hydrogens is 366 g/mol. The number of likely N-dealkylation sites (tertiary alicyclic amines) is 1. The van der Waals surface area contributed by atoms with E-state index in [2.05, 4.69) is 4.98 Å². The van der Waals surface area contributed by atoms with E-state index in [1.54, 1.807) is 13.3 Å². The molecule has 6 heteroatoms. The molecule has 0 bridgehead atoms. The maximum atomic E-state index is 13.0. The van der Waals surface area contributed by atoms with Crippen LogP contribution in [-0.4, -0.2) is 46.8 Å². The molecule has 1 fully saturated rings. The molecule has 3 rings (SSSR count). The van der Waals surface area contributed by atoms with Crippen LogP contribution in [0.15, 0.2) is 48.7 Å². The Hall–Kier alpha value is -2.89. The number of rotatable bonds is 8. The highest BCUT2D eigenvalue weighted by Gasteiger charge is 2.20. The SMILES string of the molecule is COc1ccc(CN(Cc2ccccn2)C(=O)CCN2CCCCCC2=O)cc1. The molecule has 1 aromatic carbocycles. The summed E-state index contributed by atoms with van der Waals surface area (Å²) in [5, 5.41) is 0. The number of ether oxygens (including phenoxy) is 1. The van der Waals surface area contributed by atoms with Crippen LogP contribution in [0.2, 0.25) is 0 Å². The van der Waals surface area contributed by atoms with Gasteiger partial charge in [-0.25, -0.2) is 0 Å². The van der Waals surface area contributed by atoms with Crippen LogP contribution in [0, 0.1) is 0 Å². The maximum Gasteiger partial charge on any atom is 0.225 e. The van der Waals surface area contributed by atoms with Crippen LogP contribution in [0.3, 0.4) is 0 Å². The zero-order valence-corrected chi connectivity index (χ0v) is 17.0. The van der Waals surface area contributed by atoms with Gasteiger partial charge in [-0.05, 0) is 42.7 Å². The quantitative estimate of drug-likeness (QED) is 0.687. The summed E-state index contributed by atoms with van der Waals surface area (Å²) >= 11 is 0. The van der Waals surface area contributed by atoms with Crippen LogP contribution in [-0.2, 0) is 22.7 Å². The van der Waals surface area contributed by atoms with E-state index in [4.69, 9.17) is 4.74 Å². The van der Waals surface area contributed by atoms with Gasteiger partial charge in [-0.2, -0.15) is 0 Å². The van der Waals surface area contributed by atoms with Gasteiger partial charge in [0.15, 0.2) is 0 Å². The number of hydrogen-bond donors (Lipinski definition) is 0. The number of hydrogen-bond acceptors (Lipinski definition) is 4. The molecule has 6 nitrogen and oxygen atoms in total. The highest BCUT2D eigenvalue weighted by Crippen LogP contribution is 2.16. The molecule has 0 unspecified atom stereocenters. The van der Waals surface area contributed by atoms with E-state index in [9.17, 15) is 9.59 Å². The van der Waals surface area contributed by atoms with Crippen LogP contribution in [0.25, 0.3) is 0 Å². The fourth-order valence-electron chi connectivity index (χ4n) is 3.53. The number of aromatic nitrogens is 1. The second-order valence-corrected chi connectivity index (χ2v) is 7.36. The van der Waals surface area contributed by atoms with E-state index in [0.29, 0.717) is 32.5 Å². The Labute approximate surface area is 172 Å². The molecule has 2 aromatic rings. The van der Waals surface area contributed by atoms with Crippen LogP contribution in [0.5, 0.6) is 5.75 Å². The Balaban J connectivity index is 1.67. The van der Waals surface area contributed by atoms with E-state index in [1.165, 1.54) is 0 Å². The zero-order valence-electron chi connectivity index (χ0n) is 17.0. The van der Waals surface area contributed by atoms with Crippen molar-refractivity contribution in [3.05, 3.63) is 59.9 Å². The number of carbonyl (C=O) groups is 2. The van der Waals surface area contributed by atoms with Crippen LogP contribution >= 0.6 is 0 Å². The topological polar surface area (TPSA) is 62.7 Å². The van der Waals surface area contributed by atoms with Gasteiger partial charge in [0, 0.05) is 38.7 Å². The van der Waals surface area contributed by atoms with E-state index < -0.39 is 0 Å². The van der Waals surface area contributed by atoms with Crippen molar-refractivity contribution in [3.63, 3.8) is 0 Å². The highest BCUT2D eigenvalue weighted by atomic mass is 16.5. The van der Waals surface area contributed by atoms with Crippen LogP contribution < -0.4 is 4.74 Å². The molecule has 154 valence electrons. The largest absolute Gasteiger partial charge is 0.497 e. The number of nitrogens with zero attached hydrogens (tertiary/aromatic N) is 3. The lowest BCUT2D eigenvalue weighted by atomic mass is 10.2. The van der Waals surface area contributed by atoms with Gasteiger partial charge in [-0.1, -0.05) is 24.6 Å². The van der Waals surface area contributed by atoms with Crippen molar-refractivity contribution in [3.8, 4) is 5.75 Å². The molecule has 0 radical (unpaired) electrons. The average Bonchev–Trinajstić information content (AvgIpc) is 2.96. The highest BCUT2D eigenvalue weighted by molar-refractivity contribution is 5.79. The molecule has 1 aromatic heterocycles. The molecule has 1 aliphatic rings. The van der Waals surface area contributed by atoms with E-state index in [0.717, 1.165) is 42.8 Å². The third-order valence-electron chi connectivity index (χ3n) is 5.23. The summed E-state index contributed by atoms with van der Waals surface area (Å²) in [6.07, 6.45) is 5.71. The minimum Gasteiger partial charge on any atom is -0.497 e. The summed E-state index contributed by atoms with van der Waals surface area (Å²) < 4.78 is 5.22. The van der Waals surface area contributed by atoms with Crippen molar-refractivity contribution in [1.82, 2.24) is 14.8 Å². The molecule has 0 spiro atoms. The first-order valence-electron chi connectivity index (χ1n) is 10.2. The Morgan fingerprint density at radius 1 is 1.10 bits per heavy atom. The number of amides is 2. The molecule has 0 saturated carbocycles. The molecule has 1 aliphatic heterocycles. The van der Waals surface area contributed by atoms with Crippen molar-refractivity contribution in [2.24, 2.45) is 0 Å². The molecule has 2 amide bonds. The number of methoxy groups -OCH3 is 1. The van der Waals surface area contributed by atoms with Gasteiger partial charge < -0.3 is 14.5 Å². The normalized spacial score (nSPS) is 14.4. The van der Waals surface area contributed by atoms with E-state index in [1.807, 2.05) is 52.3 Å². The van der Waals surface area contributed by atoms with Gasteiger partial charge in [-0.3, -0.25) is 14.6 Å². The summed E-state index contributed by atoms with van der Waals surface area (Å²) in [5.41, 5.74) is 1.88. The van der Waals surface area contributed by atoms with Gasteiger partial charge in [0.25, 0.3) is 0 Å². The number of carbonyl (C=O) groups excluding carboxylic acids is 2. The second-order valence-electron chi connectivity index (χ2n) is 7.36. The predicted octanol–water partition coefficient (Wildman–Crippen LogP) is 3.41. The van der Waals surface area contributed by atoms with Crippen molar-refractivity contribution < 1.29 is 14.3 Å². The Morgan fingerprint density at radius 3 is 2.66 bits per heavy atom. The first kappa shape index (κ1) is 20.8. The van der Waals surface area contributed by atoms with Gasteiger partial charge in [0.1, 0.15) is 5.75 Å². The molecule has 0 atom stereocenters. The Bertz CT molecular complexity index is 793. The standard InChI is InChI=1S/C23H29N3O3/c1-29-21-11-9-19(10-12-21)17-26(18-20-7-4-5-14-24-20)23(28)13-16-25-15-6-2-3-8-22(25)27/h4-5,7,9-12,14H,2-3,6,8,13,15-18H2,1H3. The van der Waals surface area contributed by atoms with Gasteiger partial charge >= 0.3 is 0 Å². The lowest BCUT2D eigenvalue weighted by Gasteiger charge is -2.25. The molecule has 0 aliphatic carbocycles. The van der Waals surface area contributed by atoms with Crippen LogP contribution in [0.4, 0.5) is 0 Å². The molecule has 0 N–H and O–H groups in total. The third kappa shape index (κ3) is 6.31. The van der Waals surface area contributed by atoms with Crippen molar-refractivity contribution in [1.29, 1.82) is 0 Å². The summed E-state index contributed by atoms with van der Waals surface area (Å²) in [4.78, 5) is 33.3. The van der Waals surface area contributed by atoms with Gasteiger partial charge in [-0.15, -0.1) is 0 Å². The monoisotopic (exact) mass is 395 g/mol. The minimum atomic E-state index is 0.0310. The smallest absolute Gasteiger partial charge is 0.225 e. The fourth-order valence-corrected chi connectivity index (χ4v) is 3.53. The van der Waals surface area contributed by atoms with Crippen molar-refractivity contribution in [2.45, 2.75) is 45.2 Å². The molecule has 1 saturated heterocycles. The third-order valence-corrected chi connectivity index (χ3v) is 5.23. The summed E-state index contributed by atoms with van der Waals surface area (Å²) in [6.45, 7) is 2.18.